The maximum absolute atomic E-state index is 14.5. The summed E-state index contributed by atoms with van der Waals surface area (Å²) in [4.78, 5) is 33.6. The van der Waals surface area contributed by atoms with Crippen molar-refractivity contribution < 1.29 is 23.8 Å². The van der Waals surface area contributed by atoms with Gasteiger partial charge in [-0.3, -0.25) is 14.5 Å². The number of halogens is 2. The number of allylic oxidation sites excluding steroid dienone is 1. The first kappa shape index (κ1) is 26.1. The van der Waals surface area contributed by atoms with Crippen LogP contribution in [-0.4, -0.2) is 44.3 Å². The Balaban J connectivity index is 1.59. The molecular weight excluding hydrogens is 533 g/mol. The third-order valence-corrected chi connectivity index (χ3v) is 7.74. The number of benzene rings is 1. The smallest absolute Gasteiger partial charge is 0.338 e. The van der Waals surface area contributed by atoms with Gasteiger partial charge in [0.05, 0.1) is 35.9 Å². The minimum Gasteiger partial charge on any atom is -0.481 e. The molecule has 0 amide bonds. The number of aryl methyl sites for hydroxylation is 2. The number of carbonyl (C=O) groups is 2. The van der Waals surface area contributed by atoms with Crippen LogP contribution in [0.3, 0.4) is 0 Å². The molecule has 0 radical (unpaired) electrons. The largest absolute Gasteiger partial charge is 0.481 e. The van der Waals surface area contributed by atoms with Gasteiger partial charge in [0.15, 0.2) is 10.8 Å². The molecule has 12 heteroatoms. The number of nitrogens with one attached hydrogen (secondary N) is 1. The van der Waals surface area contributed by atoms with Gasteiger partial charge in [-0.15, -0.1) is 11.3 Å². The standard InChI is InChI=1S/C26H25ClFN5O4S/c1-2-37-26(36)20-22(14-6-7-18-15(12-14)13-33(32-18)10-8-19(34)35)30-24(25-29-9-11-38-25)31-23(20)16-4-3-5-17(28)21(16)27/h3-5,9,11,13-14,23H,2,6-8,10,12H2,1H3,(H,30,31)(H,34,35). The number of carbonyl (C=O) groups excluding carboxylic acids is 1. The molecule has 2 atom stereocenters. The van der Waals surface area contributed by atoms with Gasteiger partial charge in [0, 0.05) is 35.0 Å². The normalized spacial score (nSPS) is 19.0. The van der Waals surface area contributed by atoms with E-state index < -0.39 is 23.8 Å². The molecule has 1 aromatic carbocycles. The number of nitrogens with zero attached hydrogens (tertiary/aromatic N) is 4. The fourth-order valence-corrected chi connectivity index (χ4v) is 5.68. The van der Waals surface area contributed by atoms with E-state index in [1.807, 2.05) is 11.6 Å². The molecule has 3 aromatic rings. The molecule has 38 heavy (non-hydrogen) atoms. The molecule has 2 unspecified atom stereocenters. The summed E-state index contributed by atoms with van der Waals surface area (Å²) in [5.74, 6) is -1.70. The van der Waals surface area contributed by atoms with Crippen molar-refractivity contribution in [3.63, 3.8) is 0 Å². The van der Waals surface area contributed by atoms with Gasteiger partial charge in [0.1, 0.15) is 11.9 Å². The molecule has 0 bridgehead atoms. The Bertz CT molecular complexity index is 1440. The van der Waals surface area contributed by atoms with Crippen molar-refractivity contribution in [1.82, 2.24) is 20.1 Å². The number of esters is 1. The van der Waals surface area contributed by atoms with Crippen molar-refractivity contribution in [1.29, 1.82) is 0 Å². The Hall–Kier alpha value is -3.57. The van der Waals surface area contributed by atoms with E-state index in [4.69, 9.17) is 26.4 Å². The van der Waals surface area contributed by atoms with Crippen LogP contribution in [0.25, 0.3) is 0 Å². The number of rotatable bonds is 8. The lowest BCUT2D eigenvalue weighted by Gasteiger charge is -2.33. The van der Waals surface area contributed by atoms with Gasteiger partial charge >= 0.3 is 11.9 Å². The minimum absolute atomic E-state index is 0.0204. The van der Waals surface area contributed by atoms with Crippen LogP contribution in [-0.2, 0) is 33.7 Å². The van der Waals surface area contributed by atoms with Crippen molar-refractivity contribution in [2.24, 2.45) is 10.9 Å². The molecule has 5 rings (SSSR count). The summed E-state index contributed by atoms with van der Waals surface area (Å²) >= 11 is 7.79. The summed E-state index contributed by atoms with van der Waals surface area (Å²) < 4.78 is 21.6. The van der Waals surface area contributed by atoms with Crippen molar-refractivity contribution >= 4 is 40.7 Å². The number of fused-ring (bicyclic) bond motifs is 1. The molecule has 0 fully saturated rings. The highest BCUT2D eigenvalue weighted by atomic mass is 35.5. The summed E-state index contributed by atoms with van der Waals surface area (Å²) in [6, 6.07) is 3.56. The van der Waals surface area contributed by atoms with E-state index >= 15 is 0 Å². The minimum atomic E-state index is -0.896. The number of ether oxygens (including phenoxy) is 1. The van der Waals surface area contributed by atoms with E-state index in [1.54, 1.807) is 23.9 Å². The van der Waals surface area contributed by atoms with E-state index in [-0.39, 0.29) is 36.1 Å². The van der Waals surface area contributed by atoms with Gasteiger partial charge < -0.3 is 15.2 Å². The zero-order chi connectivity index (χ0) is 26.8. The Kier molecular flexibility index (Phi) is 7.57. The van der Waals surface area contributed by atoms with Crippen molar-refractivity contribution in [2.75, 3.05) is 6.61 Å². The van der Waals surface area contributed by atoms with Crippen LogP contribution in [0.5, 0.6) is 0 Å². The van der Waals surface area contributed by atoms with Crippen LogP contribution in [0.1, 0.15) is 47.6 Å². The zero-order valence-electron chi connectivity index (χ0n) is 20.5. The lowest BCUT2D eigenvalue weighted by Crippen LogP contribution is -2.38. The Morgan fingerprint density at radius 3 is 2.95 bits per heavy atom. The fraction of sp³-hybridized carbons (Fsp3) is 0.346. The third-order valence-electron chi connectivity index (χ3n) is 6.56. The quantitative estimate of drug-likeness (QED) is 0.396. The van der Waals surface area contributed by atoms with Crippen molar-refractivity contribution in [2.45, 2.75) is 45.2 Å². The lowest BCUT2D eigenvalue weighted by molar-refractivity contribution is -0.139. The van der Waals surface area contributed by atoms with Crippen LogP contribution in [0.4, 0.5) is 4.39 Å². The van der Waals surface area contributed by atoms with Crippen molar-refractivity contribution in [3.05, 3.63) is 79.9 Å². The number of carboxylic acids is 1. The van der Waals surface area contributed by atoms with Gasteiger partial charge in [0.2, 0.25) is 0 Å². The first-order valence-electron chi connectivity index (χ1n) is 12.2. The number of hydrogen-bond acceptors (Lipinski definition) is 8. The SMILES string of the molecule is CCOC(=O)C1=C(C2CCc3nn(CCC(=O)O)cc3C2)NC(c2nccs2)=NC1c1cccc(F)c1Cl. The average molecular weight is 558 g/mol. The first-order valence-corrected chi connectivity index (χ1v) is 13.5. The number of hydrogen-bond donors (Lipinski definition) is 2. The molecular formula is C26H25ClFN5O4S. The van der Waals surface area contributed by atoms with Gasteiger partial charge in [-0.05, 0) is 37.8 Å². The average Bonchev–Trinajstić information content (AvgIpc) is 3.58. The van der Waals surface area contributed by atoms with Gasteiger partial charge in [-0.25, -0.2) is 14.2 Å². The molecule has 2 aromatic heterocycles. The third kappa shape index (κ3) is 5.21. The number of thiazole rings is 1. The number of amidine groups is 1. The molecule has 3 heterocycles. The second-order valence-electron chi connectivity index (χ2n) is 8.98. The van der Waals surface area contributed by atoms with E-state index in [9.17, 15) is 14.0 Å². The van der Waals surface area contributed by atoms with Gasteiger partial charge in [-0.2, -0.15) is 5.10 Å². The predicted molar refractivity (Wildman–Crippen MR) is 140 cm³/mol. The van der Waals surface area contributed by atoms with Gasteiger partial charge in [0.25, 0.3) is 0 Å². The monoisotopic (exact) mass is 557 g/mol. The molecule has 198 valence electrons. The van der Waals surface area contributed by atoms with E-state index in [0.717, 1.165) is 11.3 Å². The molecule has 1 aliphatic carbocycles. The highest BCUT2D eigenvalue weighted by molar-refractivity contribution is 7.11. The first-order chi connectivity index (χ1) is 18.4. The molecule has 9 nitrogen and oxygen atoms in total. The molecule has 1 aliphatic heterocycles. The number of aliphatic imine (C=N–C) groups is 1. The van der Waals surface area contributed by atoms with E-state index in [1.165, 1.54) is 23.5 Å². The molecule has 0 spiro atoms. The predicted octanol–water partition coefficient (Wildman–Crippen LogP) is 4.32. The highest BCUT2D eigenvalue weighted by Gasteiger charge is 2.38. The Morgan fingerprint density at radius 2 is 2.21 bits per heavy atom. The highest BCUT2D eigenvalue weighted by Crippen LogP contribution is 2.41. The Labute approximate surface area is 227 Å². The van der Waals surface area contributed by atoms with Crippen LogP contribution >= 0.6 is 22.9 Å². The van der Waals surface area contributed by atoms with Crippen LogP contribution in [0, 0.1) is 11.7 Å². The maximum Gasteiger partial charge on any atom is 0.338 e. The van der Waals surface area contributed by atoms with Crippen molar-refractivity contribution in [3.8, 4) is 0 Å². The summed E-state index contributed by atoms with van der Waals surface area (Å²) in [7, 11) is 0. The summed E-state index contributed by atoms with van der Waals surface area (Å²) in [5.41, 5.74) is 3.19. The fourth-order valence-electron chi connectivity index (χ4n) is 4.86. The Morgan fingerprint density at radius 1 is 1.37 bits per heavy atom. The van der Waals surface area contributed by atoms with Crippen LogP contribution in [0.2, 0.25) is 5.02 Å². The maximum atomic E-state index is 14.5. The van der Waals surface area contributed by atoms with E-state index in [2.05, 4.69) is 15.4 Å². The van der Waals surface area contributed by atoms with Crippen LogP contribution < -0.4 is 5.32 Å². The second-order valence-corrected chi connectivity index (χ2v) is 10.3. The number of aromatic nitrogens is 3. The van der Waals surface area contributed by atoms with Crippen LogP contribution in [0.15, 0.2) is 52.2 Å². The lowest BCUT2D eigenvalue weighted by atomic mass is 9.81. The summed E-state index contributed by atoms with van der Waals surface area (Å²) in [6.45, 7) is 2.16. The number of carboxylic acid groups (broad SMARTS) is 1. The molecule has 0 saturated heterocycles. The molecule has 2 aliphatic rings. The van der Waals surface area contributed by atoms with Gasteiger partial charge in [-0.1, -0.05) is 23.7 Å². The second kappa shape index (κ2) is 11.0. The molecule has 2 N–H and O–H groups in total. The topological polar surface area (TPSA) is 119 Å². The zero-order valence-corrected chi connectivity index (χ0v) is 22.1. The summed E-state index contributed by atoms with van der Waals surface area (Å²) in [5, 5.41) is 19.3. The summed E-state index contributed by atoms with van der Waals surface area (Å²) in [6.07, 6.45) is 5.42. The molecule has 0 saturated carbocycles. The van der Waals surface area contributed by atoms with E-state index in [0.29, 0.717) is 41.4 Å². The number of aliphatic carboxylic acids is 1.